The molecule has 5 heteroatoms. The molecule has 1 heterocycles. The van der Waals surface area contributed by atoms with Crippen LogP contribution in [-0.4, -0.2) is 31.5 Å². The highest BCUT2D eigenvalue weighted by Gasteiger charge is 2.22. The summed E-state index contributed by atoms with van der Waals surface area (Å²) in [6, 6.07) is 20.3. The SMILES string of the molecule is C[C@H](C(=O)Cn1cncn1)N(Cc1ccccc1)Cc1ccccc1. The van der Waals surface area contributed by atoms with Gasteiger partial charge in [-0.05, 0) is 18.1 Å². The van der Waals surface area contributed by atoms with Gasteiger partial charge in [0.2, 0.25) is 0 Å². The van der Waals surface area contributed by atoms with Crippen molar-refractivity contribution in [3.8, 4) is 0 Å². The zero-order chi connectivity index (χ0) is 17.5. The zero-order valence-corrected chi connectivity index (χ0v) is 14.3. The Bertz CT molecular complexity index is 730. The van der Waals surface area contributed by atoms with Crippen molar-refractivity contribution in [1.29, 1.82) is 0 Å². The van der Waals surface area contributed by atoms with Crippen molar-refractivity contribution < 1.29 is 4.79 Å². The van der Waals surface area contributed by atoms with E-state index in [0.29, 0.717) is 0 Å². The van der Waals surface area contributed by atoms with Gasteiger partial charge >= 0.3 is 0 Å². The molecule has 0 spiro atoms. The summed E-state index contributed by atoms with van der Waals surface area (Å²) in [5.74, 6) is 0.123. The summed E-state index contributed by atoms with van der Waals surface area (Å²) in [5, 5.41) is 4.03. The monoisotopic (exact) mass is 334 g/mol. The molecule has 128 valence electrons. The molecule has 0 bridgehead atoms. The molecule has 0 saturated heterocycles. The van der Waals surface area contributed by atoms with Crippen molar-refractivity contribution in [1.82, 2.24) is 19.7 Å². The lowest BCUT2D eigenvalue weighted by Crippen LogP contribution is -2.39. The largest absolute Gasteiger partial charge is 0.296 e. The van der Waals surface area contributed by atoms with E-state index in [2.05, 4.69) is 39.2 Å². The number of carbonyl (C=O) groups excluding carboxylic acids is 1. The second-order valence-electron chi connectivity index (χ2n) is 6.11. The van der Waals surface area contributed by atoms with Crippen molar-refractivity contribution in [2.24, 2.45) is 0 Å². The molecule has 5 nitrogen and oxygen atoms in total. The Kier molecular flexibility index (Phi) is 5.69. The summed E-state index contributed by atoms with van der Waals surface area (Å²) < 4.78 is 1.57. The van der Waals surface area contributed by atoms with Gasteiger partial charge in [-0.25, -0.2) is 9.67 Å². The zero-order valence-electron chi connectivity index (χ0n) is 14.3. The van der Waals surface area contributed by atoms with Gasteiger partial charge in [-0.1, -0.05) is 60.7 Å². The Hall–Kier alpha value is -2.79. The van der Waals surface area contributed by atoms with E-state index in [-0.39, 0.29) is 18.4 Å². The molecular weight excluding hydrogens is 312 g/mol. The Morgan fingerprint density at radius 1 is 1.00 bits per heavy atom. The molecule has 2 aromatic carbocycles. The standard InChI is InChI=1S/C20H22N4O/c1-17(20(25)14-24-16-21-15-22-24)23(12-18-8-4-2-5-9-18)13-19-10-6-3-7-11-19/h2-11,15-17H,12-14H2,1H3/t17-/m1/s1. The quantitative estimate of drug-likeness (QED) is 0.635. The fraction of sp³-hybridized carbons (Fsp3) is 0.250. The van der Waals surface area contributed by atoms with E-state index in [0.717, 1.165) is 13.1 Å². The molecule has 0 aliphatic rings. The van der Waals surface area contributed by atoms with Gasteiger partial charge in [0.05, 0.1) is 6.04 Å². The van der Waals surface area contributed by atoms with Crippen LogP contribution in [-0.2, 0) is 24.4 Å². The van der Waals surface area contributed by atoms with Crippen LogP contribution in [0.3, 0.4) is 0 Å². The van der Waals surface area contributed by atoms with Gasteiger partial charge in [0.1, 0.15) is 19.2 Å². The van der Waals surface area contributed by atoms with E-state index >= 15 is 0 Å². The summed E-state index contributed by atoms with van der Waals surface area (Å²) in [5.41, 5.74) is 2.39. The van der Waals surface area contributed by atoms with Gasteiger partial charge in [-0.2, -0.15) is 5.10 Å². The number of ketones is 1. The number of aromatic nitrogens is 3. The first-order valence-corrected chi connectivity index (χ1v) is 8.39. The number of Topliss-reactive ketones (excluding diaryl/α,β-unsaturated/α-hetero) is 1. The molecule has 0 saturated carbocycles. The maximum atomic E-state index is 12.7. The Morgan fingerprint density at radius 3 is 2.04 bits per heavy atom. The average Bonchev–Trinajstić information content (AvgIpc) is 3.15. The molecular formula is C20H22N4O. The van der Waals surface area contributed by atoms with Gasteiger partial charge < -0.3 is 0 Å². The van der Waals surface area contributed by atoms with E-state index in [1.165, 1.54) is 17.5 Å². The van der Waals surface area contributed by atoms with Crippen LogP contribution in [0.1, 0.15) is 18.1 Å². The van der Waals surface area contributed by atoms with Crippen LogP contribution in [0, 0.1) is 0 Å². The van der Waals surface area contributed by atoms with Crippen LogP contribution in [0.25, 0.3) is 0 Å². The summed E-state index contributed by atoms with van der Waals surface area (Å²) in [7, 11) is 0. The van der Waals surface area contributed by atoms with E-state index in [1.54, 1.807) is 11.0 Å². The number of rotatable bonds is 8. The lowest BCUT2D eigenvalue weighted by Gasteiger charge is -2.28. The van der Waals surface area contributed by atoms with E-state index in [9.17, 15) is 4.79 Å². The normalized spacial score (nSPS) is 12.2. The number of benzene rings is 2. The molecule has 0 amide bonds. The Balaban J connectivity index is 1.75. The highest BCUT2D eigenvalue weighted by atomic mass is 16.1. The number of hydrogen-bond acceptors (Lipinski definition) is 4. The molecule has 3 rings (SSSR count). The van der Waals surface area contributed by atoms with Crippen molar-refractivity contribution >= 4 is 5.78 Å². The second kappa shape index (κ2) is 8.35. The third kappa shape index (κ3) is 4.84. The van der Waals surface area contributed by atoms with Crippen molar-refractivity contribution in [3.63, 3.8) is 0 Å². The fourth-order valence-electron chi connectivity index (χ4n) is 2.78. The van der Waals surface area contributed by atoms with Gasteiger partial charge in [-0.15, -0.1) is 0 Å². The smallest absolute Gasteiger partial charge is 0.171 e. The van der Waals surface area contributed by atoms with Crippen LogP contribution in [0.2, 0.25) is 0 Å². The summed E-state index contributed by atoms with van der Waals surface area (Å²) >= 11 is 0. The molecule has 1 atom stereocenters. The minimum atomic E-state index is -0.218. The summed E-state index contributed by atoms with van der Waals surface area (Å²) in [6.07, 6.45) is 3.02. The second-order valence-corrected chi connectivity index (χ2v) is 6.11. The predicted octanol–water partition coefficient (Wildman–Crippen LogP) is 2.94. The van der Waals surface area contributed by atoms with Crippen molar-refractivity contribution in [3.05, 3.63) is 84.4 Å². The maximum Gasteiger partial charge on any atom is 0.171 e. The Labute approximate surface area is 147 Å². The Morgan fingerprint density at radius 2 is 1.56 bits per heavy atom. The van der Waals surface area contributed by atoms with Crippen molar-refractivity contribution in [2.75, 3.05) is 0 Å². The lowest BCUT2D eigenvalue weighted by molar-refractivity contribution is -0.125. The van der Waals surface area contributed by atoms with Gasteiger partial charge in [0, 0.05) is 13.1 Å². The van der Waals surface area contributed by atoms with Crippen LogP contribution >= 0.6 is 0 Å². The lowest BCUT2D eigenvalue weighted by atomic mass is 10.1. The molecule has 0 fully saturated rings. The highest BCUT2D eigenvalue weighted by molar-refractivity contribution is 5.83. The molecule has 1 aromatic heterocycles. The number of carbonyl (C=O) groups is 1. The summed E-state index contributed by atoms with van der Waals surface area (Å²) in [6.45, 7) is 3.65. The average molecular weight is 334 g/mol. The third-order valence-corrected chi connectivity index (χ3v) is 4.26. The third-order valence-electron chi connectivity index (χ3n) is 4.26. The highest BCUT2D eigenvalue weighted by Crippen LogP contribution is 2.14. The van der Waals surface area contributed by atoms with Crippen LogP contribution in [0.4, 0.5) is 0 Å². The molecule has 3 aromatic rings. The van der Waals surface area contributed by atoms with Crippen molar-refractivity contribution in [2.45, 2.75) is 32.6 Å². The first kappa shape index (κ1) is 17.0. The van der Waals surface area contributed by atoms with Crippen LogP contribution < -0.4 is 0 Å². The molecule has 0 N–H and O–H groups in total. The summed E-state index contributed by atoms with van der Waals surface area (Å²) in [4.78, 5) is 18.8. The van der Waals surface area contributed by atoms with E-state index < -0.39 is 0 Å². The van der Waals surface area contributed by atoms with Crippen LogP contribution in [0.5, 0.6) is 0 Å². The van der Waals surface area contributed by atoms with Gasteiger partial charge in [0.15, 0.2) is 5.78 Å². The predicted molar refractivity (Wildman–Crippen MR) is 96.6 cm³/mol. The number of nitrogens with zero attached hydrogens (tertiary/aromatic N) is 4. The molecule has 0 aliphatic heterocycles. The molecule has 0 aliphatic carbocycles. The van der Waals surface area contributed by atoms with E-state index in [4.69, 9.17) is 0 Å². The van der Waals surface area contributed by atoms with Crippen LogP contribution in [0.15, 0.2) is 73.3 Å². The van der Waals surface area contributed by atoms with E-state index in [1.807, 2.05) is 43.3 Å². The number of hydrogen-bond donors (Lipinski definition) is 0. The minimum Gasteiger partial charge on any atom is -0.296 e. The first-order valence-electron chi connectivity index (χ1n) is 8.39. The van der Waals surface area contributed by atoms with Gasteiger partial charge in [0.25, 0.3) is 0 Å². The topological polar surface area (TPSA) is 51.0 Å². The first-order chi connectivity index (χ1) is 12.2. The fourth-order valence-corrected chi connectivity index (χ4v) is 2.78. The minimum absolute atomic E-state index is 0.123. The molecule has 25 heavy (non-hydrogen) atoms. The molecule has 0 unspecified atom stereocenters. The molecule has 0 radical (unpaired) electrons. The van der Waals surface area contributed by atoms with Gasteiger partial charge in [-0.3, -0.25) is 9.69 Å². The maximum absolute atomic E-state index is 12.7.